The monoisotopic (exact) mass is 355 g/mol. The Morgan fingerprint density at radius 2 is 1.96 bits per heavy atom. The summed E-state index contributed by atoms with van der Waals surface area (Å²) >= 11 is 0. The maximum atomic E-state index is 12.3. The predicted octanol–water partition coefficient (Wildman–Crippen LogP) is 2.96. The third-order valence-electron chi connectivity index (χ3n) is 4.94. The maximum Gasteiger partial charge on any atom is 0.341 e. The molecule has 0 fully saturated rings. The number of aliphatic hydroxyl groups is 1. The van der Waals surface area contributed by atoms with Gasteiger partial charge in [0, 0.05) is 6.04 Å². The van der Waals surface area contributed by atoms with Crippen LogP contribution in [-0.2, 0) is 17.8 Å². The SMILES string of the molecule is COC(=O)c1cc2c(cc1OCc1ccccc1)CCC(N(C)C)C2O. The highest BCUT2D eigenvalue weighted by molar-refractivity contribution is 5.93. The summed E-state index contributed by atoms with van der Waals surface area (Å²) in [5.74, 6) is 0.0324. The molecule has 1 aliphatic rings. The molecule has 0 spiro atoms. The Morgan fingerprint density at radius 3 is 2.62 bits per heavy atom. The summed E-state index contributed by atoms with van der Waals surface area (Å²) in [4.78, 5) is 14.3. The third-order valence-corrected chi connectivity index (χ3v) is 4.94. The molecule has 0 radical (unpaired) electrons. The van der Waals surface area contributed by atoms with E-state index in [1.165, 1.54) is 7.11 Å². The molecule has 2 atom stereocenters. The zero-order valence-electron chi connectivity index (χ0n) is 15.4. The van der Waals surface area contributed by atoms with Gasteiger partial charge in [-0.15, -0.1) is 0 Å². The molecule has 2 aromatic carbocycles. The minimum atomic E-state index is -0.639. The second-order valence-corrected chi connectivity index (χ2v) is 6.83. The number of esters is 1. The maximum absolute atomic E-state index is 12.3. The summed E-state index contributed by atoms with van der Waals surface area (Å²) in [5, 5.41) is 10.7. The molecular formula is C21H25NO4. The fraction of sp³-hybridized carbons (Fsp3) is 0.381. The van der Waals surface area contributed by atoms with Crippen LogP contribution in [0.2, 0.25) is 0 Å². The van der Waals surface area contributed by atoms with E-state index in [1.54, 1.807) is 6.07 Å². The van der Waals surface area contributed by atoms with Crippen LogP contribution in [0.25, 0.3) is 0 Å². The normalized spacial score (nSPS) is 19.1. The van der Waals surface area contributed by atoms with E-state index >= 15 is 0 Å². The van der Waals surface area contributed by atoms with Crippen molar-refractivity contribution >= 4 is 5.97 Å². The second-order valence-electron chi connectivity index (χ2n) is 6.83. The molecule has 0 bridgehead atoms. The summed E-state index contributed by atoms with van der Waals surface area (Å²) in [6, 6.07) is 13.4. The number of aryl methyl sites for hydroxylation is 1. The highest BCUT2D eigenvalue weighted by Gasteiger charge is 2.31. The van der Waals surface area contributed by atoms with Crippen LogP contribution >= 0.6 is 0 Å². The Hall–Kier alpha value is -2.37. The molecule has 1 aliphatic carbocycles. The van der Waals surface area contributed by atoms with Crippen molar-refractivity contribution in [2.45, 2.75) is 31.6 Å². The second kappa shape index (κ2) is 7.89. The number of carbonyl (C=O) groups excluding carboxylic acids is 1. The van der Waals surface area contributed by atoms with Gasteiger partial charge in [-0.1, -0.05) is 30.3 Å². The van der Waals surface area contributed by atoms with E-state index in [9.17, 15) is 9.90 Å². The van der Waals surface area contributed by atoms with Crippen molar-refractivity contribution in [2.24, 2.45) is 0 Å². The summed E-state index contributed by atoms with van der Waals surface area (Å²) in [6.07, 6.45) is 1.05. The number of nitrogens with zero attached hydrogens (tertiary/aromatic N) is 1. The van der Waals surface area contributed by atoms with Crippen molar-refractivity contribution in [1.29, 1.82) is 0 Å². The summed E-state index contributed by atoms with van der Waals surface area (Å²) in [7, 11) is 5.26. The fourth-order valence-corrected chi connectivity index (χ4v) is 3.46. The van der Waals surface area contributed by atoms with E-state index in [2.05, 4.69) is 0 Å². The molecular weight excluding hydrogens is 330 g/mol. The largest absolute Gasteiger partial charge is 0.488 e. The van der Waals surface area contributed by atoms with Crippen LogP contribution in [0.3, 0.4) is 0 Å². The minimum absolute atomic E-state index is 0.0316. The number of likely N-dealkylation sites (N-methyl/N-ethyl adjacent to an activating group) is 1. The van der Waals surface area contributed by atoms with Crippen LogP contribution in [0.1, 0.15) is 39.6 Å². The summed E-state index contributed by atoms with van der Waals surface area (Å²) in [6.45, 7) is 0.368. The lowest BCUT2D eigenvalue weighted by Crippen LogP contribution is -2.37. The van der Waals surface area contributed by atoms with Gasteiger partial charge in [0.1, 0.15) is 17.9 Å². The first-order valence-corrected chi connectivity index (χ1v) is 8.77. The molecule has 138 valence electrons. The first-order valence-electron chi connectivity index (χ1n) is 8.77. The number of carbonyl (C=O) groups is 1. The average Bonchev–Trinajstić information content (AvgIpc) is 2.66. The molecule has 5 nitrogen and oxygen atoms in total. The van der Waals surface area contributed by atoms with Gasteiger partial charge in [-0.25, -0.2) is 4.79 Å². The Morgan fingerprint density at radius 1 is 1.23 bits per heavy atom. The minimum Gasteiger partial charge on any atom is -0.488 e. The standard InChI is InChI=1S/C21H25NO4/c1-22(2)18-10-9-15-11-19(26-13-14-7-5-4-6-8-14)17(21(24)25-3)12-16(15)20(18)23/h4-8,11-12,18,20,23H,9-10,13H2,1-3H3. The first kappa shape index (κ1) is 18.4. The Balaban J connectivity index is 1.93. The van der Waals surface area contributed by atoms with Crippen molar-refractivity contribution in [3.05, 3.63) is 64.7 Å². The highest BCUT2D eigenvalue weighted by atomic mass is 16.5. The van der Waals surface area contributed by atoms with Crippen LogP contribution in [-0.4, -0.2) is 43.2 Å². The molecule has 0 heterocycles. The van der Waals surface area contributed by atoms with Crippen LogP contribution in [0.15, 0.2) is 42.5 Å². The highest BCUT2D eigenvalue weighted by Crippen LogP contribution is 2.36. The number of ether oxygens (including phenoxy) is 2. The summed E-state index contributed by atoms with van der Waals surface area (Å²) in [5.41, 5.74) is 3.17. The molecule has 1 N–H and O–H groups in total. The van der Waals surface area contributed by atoms with Gasteiger partial charge in [0.05, 0.1) is 13.2 Å². The zero-order chi connectivity index (χ0) is 18.7. The number of rotatable bonds is 5. The molecule has 5 heteroatoms. The molecule has 0 aromatic heterocycles. The van der Waals surface area contributed by atoms with Gasteiger partial charge in [0.2, 0.25) is 0 Å². The molecule has 2 aromatic rings. The number of hydrogen-bond acceptors (Lipinski definition) is 5. The van der Waals surface area contributed by atoms with Gasteiger partial charge in [-0.2, -0.15) is 0 Å². The van der Waals surface area contributed by atoms with Gasteiger partial charge in [0.25, 0.3) is 0 Å². The van der Waals surface area contributed by atoms with E-state index < -0.39 is 12.1 Å². The zero-order valence-corrected chi connectivity index (χ0v) is 15.4. The molecule has 0 aliphatic heterocycles. The van der Waals surface area contributed by atoms with E-state index in [0.717, 1.165) is 29.5 Å². The van der Waals surface area contributed by atoms with Crippen molar-refractivity contribution in [1.82, 2.24) is 4.90 Å². The predicted molar refractivity (Wildman–Crippen MR) is 99.3 cm³/mol. The molecule has 3 rings (SSSR count). The Labute approximate surface area is 154 Å². The molecule has 0 amide bonds. The Kier molecular flexibility index (Phi) is 5.59. The third kappa shape index (κ3) is 3.74. The van der Waals surface area contributed by atoms with Gasteiger partial charge < -0.3 is 19.5 Å². The van der Waals surface area contributed by atoms with Crippen LogP contribution in [0.4, 0.5) is 0 Å². The van der Waals surface area contributed by atoms with Gasteiger partial charge in [-0.05, 0) is 55.8 Å². The fourth-order valence-electron chi connectivity index (χ4n) is 3.46. The van der Waals surface area contributed by atoms with E-state index in [1.807, 2.05) is 55.4 Å². The molecule has 26 heavy (non-hydrogen) atoms. The van der Waals surface area contributed by atoms with Crippen LogP contribution < -0.4 is 4.74 Å². The number of methoxy groups -OCH3 is 1. The van der Waals surface area contributed by atoms with Crippen LogP contribution in [0.5, 0.6) is 5.75 Å². The van der Waals surface area contributed by atoms with Gasteiger partial charge >= 0.3 is 5.97 Å². The quantitative estimate of drug-likeness (QED) is 0.836. The number of hydrogen-bond donors (Lipinski definition) is 1. The van der Waals surface area contributed by atoms with Crippen LogP contribution in [0, 0.1) is 0 Å². The smallest absolute Gasteiger partial charge is 0.341 e. The van der Waals surface area contributed by atoms with E-state index in [-0.39, 0.29) is 6.04 Å². The lowest BCUT2D eigenvalue weighted by atomic mass is 9.84. The van der Waals surface area contributed by atoms with E-state index in [4.69, 9.17) is 9.47 Å². The van der Waals surface area contributed by atoms with Gasteiger partial charge in [-0.3, -0.25) is 0 Å². The van der Waals surface area contributed by atoms with E-state index in [0.29, 0.717) is 17.9 Å². The lowest BCUT2D eigenvalue weighted by molar-refractivity contribution is 0.0582. The first-order chi connectivity index (χ1) is 12.5. The van der Waals surface area contributed by atoms with Crippen molar-refractivity contribution in [3.8, 4) is 5.75 Å². The Bertz CT molecular complexity index is 773. The van der Waals surface area contributed by atoms with Crippen molar-refractivity contribution < 1.29 is 19.4 Å². The van der Waals surface area contributed by atoms with Gasteiger partial charge in [0.15, 0.2) is 0 Å². The number of fused-ring (bicyclic) bond motifs is 1. The van der Waals surface area contributed by atoms with Crippen molar-refractivity contribution in [2.75, 3.05) is 21.2 Å². The summed E-state index contributed by atoms with van der Waals surface area (Å²) < 4.78 is 10.8. The average molecular weight is 355 g/mol. The topological polar surface area (TPSA) is 59.0 Å². The van der Waals surface area contributed by atoms with Crippen molar-refractivity contribution in [3.63, 3.8) is 0 Å². The molecule has 0 saturated carbocycles. The number of aliphatic hydroxyl groups excluding tert-OH is 1. The number of benzene rings is 2. The lowest BCUT2D eigenvalue weighted by Gasteiger charge is -2.35. The molecule has 0 saturated heterocycles. The molecule has 2 unspecified atom stereocenters.